The number of nitrogens with zero attached hydrogens (tertiary/aromatic N) is 4. The number of aromatic nitrogens is 2. The first-order valence-corrected chi connectivity index (χ1v) is 8.69. The van der Waals surface area contributed by atoms with Gasteiger partial charge in [-0.1, -0.05) is 0 Å². The molecule has 3 heterocycles. The first kappa shape index (κ1) is 17.4. The summed E-state index contributed by atoms with van der Waals surface area (Å²) in [5.41, 5.74) is 0.619. The van der Waals surface area contributed by atoms with E-state index in [1.54, 1.807) is 7.11 Å². The summed E-state index contributed by atoms with van der Waals surface area (Å²) in [4.78, 5) is 16.3. The monoisotopic (exact) mass is 336 g/mol. The lowest BCUT2D eigenvalue weighted by atomic mass is 9.75. The summed E-state index contributed by atoms with van der Waals surface area (Å²) in [5, 5.41) is 15.1. The molecular weight excluding hydrogens is 308 g/mol. The van der Waals surface area contributed by atoms with Gasteiger partial charge in [0.15, 0.2) is 0 Å². The number of fused-ring (bicyclic) bond motifs is 1. The molecule has 0 unspecified atom stereocenters. The number of carbonyl (C=O) groups is 1. The average molecular weight is 336 g/mol. The molecule has 2 atom stereocenters. The Labute approximate surface area is 143 Å². The normalized spacial score (nSPS) is 28.0. The molecule has 24 heavy (non-hydrogen) atoms. The number of aryl methyl sites for hydroxylation is 1. The van der Waals surface area contributed by atoms with E-state index in [2.05, 4.69) is 10.00 Å². The van der Waals surface area contributed by atoms with Gasteiger partial charge in [-0.15, -0.1) is 0 Å². The van der Waals surface area contributed by atoms with Crippen LogP contribution in [0.1, 0.15) is 18.4 Å². The average Bonchev–Trinajstić information content (AvgIpc) is 2.98. The number of piperidine rings is 2. The Morgan fingerprint density at radius 2 is 2.21 bits per heavy atom. The molecule has 3 rings (SSSR count). The zero-order valence-electron chi connectivity index (χ0n) is 14.6. The molecule has 2 aliphatic heterocycles. The zero-order chi connectivity index (χ0) is 17.2. The number of rotatable bonds is 5. The van der Waals surface area contributed by atoms with E-state index in [-0.39, 0.29) is 18.4 Å². The number of aliphatic hydroxyl groups is 1. The highest BCUT2D eigenvalue weighted by atomic mass is 16.5. The molecule has 1 N–H and O–H groups in total. The fourth-order valence-electron chi connectivity index (χ4n) is 3.90. The van der Waals surface area contributed by atoms with Crippen molar-refractivity contribution in [1.29, 1.82) is 0 Å². The molecule has 7 heteroatoms. The smallest absolute Gasteiger partial charge is 0.248 e. The predicted octanol–water partition coefficient (Wildman–Crippen LogP) is -0.106. The van der Waals surface area contributed by atoms with Crippen LogP contribution < -0.4 is 0 Å². The summed E-state index contributed by atoms with van der Waals surface area (Å²) in [6, 6.07) is 0. The number of hydrogen-bond acceptors (Lipinski definition) is 5. The van der Waals surface area contributed by atoms with Crippen LogP contribution in [0.3, 0.4) is 0 Å². The topological polar surface area (TPSA) is 70.8 Å². The van der Waals surface area contributed by atoms with Crippen molar-refractivity contribution in [2.45, 2.75) is 24.9 Å². The lowest BCUT2D eigenvalue weighted by Crippen LogP contribution is -2.61. The summed E-state index contributed by atoms with van der Waals surface area (Å²) in [6.45, 7) is 4.10. The van der Waals surface area contributed by atoms with Gasteiger partial charge in [-0.25, -0.2) is 0 Å². The highest BCUT2D eigenvalue weighted by molar-refractivity contribution is 5.77. The zero-order valence-corrected chi connectivity index (χ0v) is 14.6. The number of hydrogen-bond donors (Lipinski definition) is 1. The van der Waals surface area contributed by atoms with Crippen LogP contribution in [0.4, 0.5) is 0 Å². The fourth-order valence-corrected chi connectivity index (χ4v) is 3.90. The lowest BCUT2D eigenvalue weighted by molar-refractivity contribution is -0.150. The Kier molecular flexibility index (Phi) is 5.22. The Hall–Kier alpha value is -1.44. The van der Waals surface area contributed by atoms with Crippen LogP contribution in [-0.2, 0) is 23.0 Å². The van der Waals surface area contributed by atoms with Gasteiger partial charge < -0.3 is 19.6 Å². The van der Waals surface area contributed by atoms with Crippen LogP contribution in [0.5, 0.6) is 0 Å². The second kappa shape index (κ2) is 7.21. The summed E-state index contributed by atoms with van der Waals surface area (Å²) in [5.74, 6) is 0.140. The molecule has 0 radical (unpaired) electrons. The molecule has 1 aromatic heterocycles. The van der Waals surface area contributed by atoms with Crippen molar-refractivity contribution in [2.75, 3.05) is 46.4 Å². The van der Waals surface area contributed by atoms with Crippen molar-refractivity contribution in [2.24, 2.45) is 13.0 Å². The van der Waals surface area contributed by atoms with Gasteiger partial charge in [0.2, 0.25) is 5.91 Å². The van der Waals surface area contributed by atoms with Gasteiger partial charge in [0, 0.05) is 59.0 Å². The van der Waals surface area contributed by atoms with Crippen molar-refractivity contribution in [3.8, 4) is 0 Å². The van der Waals surface area contributed by atoms with Crippen LogP contribution in [0.15, 0.2) is 12.4 Å². The Bertz CT molecular complexity index is 576. The second-order valence-electron chi connectivity index (χ2n) is 7.15. The van der Waals surface area contributed by atoms with Gasteiger partial charge in [-0.3, -0.25) is 9.48 Å². The molecule has 134 valence electrons. The van der Waals surface area contributed by atoms with E-state index in [1.165, 1.54) is 5.56 Å². The van der Waals surface area contributed by atoms with Crippen LogP contribution in [-0.4, -0.2) is 82.6 Å². The molecule has 7 nitrogen and oxygen atoms in total. The maximum atomic E-state index is 12.1. The van der Waals surface area contributed by atoms with E-state index in [1.807, 2.05) is 29.0 Å². The minimum atomic E-state index is -0.616. The van der Waals surface area contributed by atoms with Crippen molar-refractivity contribution < 1.29 is 14.6 Å². The van der Waals surface area contributed by atoms with Gasteiger partial charge >= 0.3 is 0 Å². The molecule has 1 amide bonds. The van der Waals surface area contributed by atoms with E-state index < -0.39 is 5.60 Å². The maximum Gasteiger partial charge on any atom is 0.248 e. The number of amides is 1. The molecule has 0 spiro atoms. The second-order valence-corrected chi connectivity index (χ2v) is 7.15. The number of ether oxygens (including phenoxy) is 1. The van der Waals surface area contributed by atoms with Crippen LogP contribution >= 0.6 is 0 Å². The summed E-state index contributed by atoms with van der Waals surface area (Å²) in [7, 11) is 3.47. The van der Waals surface area contributed by atoms with Crippen molar-refractivity contribution in [3.63, 3.8) is 0 Å². The Morgan fingerprint density at radius 1 is 1.42 bits per heavy atom. The molecule has 0 saturated carbocycles. The third-order valence-electron chi connectivity index (χ3n) is 5.45. The standard InChI is InChI=1S/C17H28N4O3/c1-19-10-14(9-18-19)3-6-20-7-4-17(23)5-8-21(12-15(17)11-20)16(22)13-24-2/h9-10,15,23H,3-8,11-13H2,1-2H3/t15-,17-/m1/s1. The van der Waals surface area contributed by atoms with Gasteiger partial charge in [-0.2, -0.15) is 5.10 Å². The Balaban J connectivity index is 1.56. The van der Waals surface area contributed by atoms with Crippen molar-refractivity contribution in [3.05, 3.63) is 18.0 Å². The van der Waals surface area contributed by atoms with Gasteiger partial charge in [0.25, 0.3) is 0 Å². The molecule has 1 aromatic rings. The predicted molar refractivity (Wildman–Crippen MR) is 89.5 cm³/mol. The van der Waals surface area contributed by atoms with Crippen LogP contribution in [0.25, 0.3) is 0 Å². The Morgan fingerprint density at radius 3 is 2.92 bits per heavy atom. The third kappa shape index (κ3) is 3.79. The first-order chi connectivity index (χ1) is 11.5. The SMILES string of the molecule is COCC(=O)N1CC[C@]2(O)CCN(CCc3cnn(C)c3)C[C@@H]2C1. The first-order valence-electron chi connectivity index (χ1n) is 8.69. The minimum Gasteiger partial charge on any atom is -0.389 e. The summed E-state index contributed by atoms with van der Waals surface area (Å²) in [6.07, 6.45) is 6.38. The van der Waals surface area contributed by atoms with Crippen LogP contribution in [0, 0.1) is 5.92 Å². The highest BCUT2D eigenvalue weighted by Crippen LogP contribution is 2.35. The minimum absolute atomic E-state index is 0.0204. The van der Waals surface area contributed by atoms with Gasteiger partial charge in [0.05, 0.1) is 11.8 Å². The molecule has 0 aliphatic carbocycles. The molecule has 0 bridgehead atoms. The maximum absolute atomic E-state index is 12.1. The number of likely N-dealkylation sites (tertiary alicyclic amines) is 2. The van der Waals surface area contributed by atoms with Gasteiger partial charge in [0.1, 0.15) is 6.61 Å². The quantitative estimate of drug-likeness (QED) is 0.813. The molecule has 2 saturated heterocycles. The number of carbonyl (C=O) groups excluding carboxylic acids is 1. The number of methoxy groups -OCH3 is 1. The molecular formula is C17H28N4O3. The molecule has 2 fully saturated rings. The van der Waals surface area contributed by atoms with E-state index >= 15 is 0 Å². The molecule has 0 aromatic carbocycles. The van der Waals surface area contributed by atoms with E-state index in [0.29, 0.717) is 19.5 Å². The highest BCUT2D eigenvalue weighted by Gasteiger charge is 2.45. The third-order valence-corrected chi connectivity index (χ3v) is 5.45. The fraction of sp³-hybridized carbons (Fsp3) is 0.765. The van der Waals surface area contributed by atoms with E-state index in [0.717, 1.165) is 32.5 Å². The van der Waals surface area contributed by atoms with E-state index in [9.17, 15) is 9.90 Å². The van der Waals surface area contributed by atoms with Crippen LogP contribution in [0.2, 0.25) is 0 Å². The summed E-state index contributed by atoms with van der Waals surface area (Å²) >= 11 is 0. The van der Waals surface area contributed by atoms with E-state index in [4.69, 9.17) is 4.74 Å². The van der Waals surface area contributed by atoms with Gasteiger partial charge in [-0.05, 0) is 24.8 Å². The molecule has 2 aliphatic rings. The van der Waals surface area contributed by atoms with Crippen molar-refractivity contribution >= 4 is 5.91 Å². The largest absolute Gasteiger partial charge is 0.389 e. The lowest BCUT2D eigenvalue weighted by Gasteiger charge is -2.50. The summed E-state index contributed by atoms with van der Waals surface area (Å²) < 4.78 is 6.78. The van der Waals surface area contributed by atoms with Crippen molar-refractivity contribution in [1.82, 2.24) is 19.6 Å².